The SMILES string of the molecule is COc1cc(-c2cnn(CCO)c2)ccc1Cc1ncc2ccnc(NC3CCCCC3)c2n1. The standard InChI is InChI=1S/C26H30N6O2/c1-34-23-13-18(21-16-29-32(17-21)11-12-33)7-8-19(23)14-24-28-15-20-9-10-27-26(25(20)31-24)30-22-5-3-2-4-6-22/h7-10,13,15-17,22,33H,2-6,11-12,14H2,1H3,(H,27,30). The van der Waals surface area contributed by atoms with Crippen LogP contribution in [0.4, 0.5) is 5.82 Å². The minimum atomic E-state index is 0.0581. The van der Waals surface area contributed by atoms with Crippen molar-refractivity contribution in [3.8, 4) is 16.9 Å². The number of aromatic nitrogens is 5. The van der Waals surface area contributed by atoms with E-state index in [-0.39, 0.29) is 6.61 Å². The molecular weight excluding hydrogens is 428 g/mol. The molecule has 34 heavy (non-hydrogen) atoms. The fourth-order valence-corrected chi connectivity index (χ4v) is 4.60. The van der Waals surface area contributed by atoms with Crippen molar-refractivity contribution in [1.82, 2.24) is 24.7 Å². The zero-order valence-electron chi connectivity index (χ0n) is 19.4. The zero-order valence-corrected chi connectivity index (χ0v) is 19.4. The minimum Gasteiger partial charge on any atom is -0.496 e. The molecule has 1 fully saturated rings. The first kappa shape index (κ1) is 22.3. The lowest BCUT2D eigenvalue weighted by Gasteiger charge is -2.23. The van der Waals surface area contributed by atoms with E-state index in [4.69, 9.17) is 14.8 Å². The summed E-state index contributed by atoms with van der Waals surface area (Å²) < 4.78 is 7.43. The van der Waals surface area contributed by atoms with Crippen molar-refractivity contribution in [3.63, 3.8) is 0 Å². The molecule has 1 aliphatic carbocycles. The molecule has 0 aliphatic heterocycles. The summed E-state index contributed by atoms with van der Waals surface area (Å²) in [6.07, 6.45) is 14.2. The Morgan fingerprint density at radius 3 is 2.79 bits per heavy atom. The second-order valence-corrected chi connectivity index (χ2v) is 8.78. The number of rotatable bonds is 8. The van der Waals surface area contributed by atoms with Crippen LogP contribution in [0.5, 0.6) is 5.75 Å². The van der Waals surface area contributed by atoms with Gasteiger partial charge in [-0.2, -0.15) is 5.10 Å². The molecule has 176 valence electrons. The van der Waals surface area contributed by atoms with Crippen LogP contribution in [0.1, 0.15) is 43.5 Å². The predicted octanol–water partition coefficient (Wildman–Crippen LogP) is 4.22. The Bertz CT molecular complexity index is 1270. The summed E-state index contributed by atoms with van der Waals surface area (Å²) in [6, 6.07) is 8.53. The van der Waals surface area contributed by atoms with E-state index in [0.717, 1.165) is 45.0 Å². The van der Waals surface area contributed by atoms with E-state index in [0.29, 0.717) is 19.0 Å². The molecule has 0 saturated heterocycles. The van der Waals surface area contributed by atoms with E-state index in [1.807, 2.05) is 30.7 Å². The number of fused-ring (bicyclic) bond motifs is 1. The molecule has 3 aromatic heterocycles. The van der Waals surface area contributed by atoms with Crippen LogP contribution in [0.25, 0.3) is 22.0 Å². The zero-order chi connectivity index (χ0) is 23.3. The van der Waals surface area contributed by atoms with E-state index in [1.54, 1.807) is 18.0 Å². The number of aliphatic hydroxyl groups is 1. The van der Waals surface area contributed by atoms with Gasteiger partial charge >= 0.3 is 0 Å². The van der Waals surface area contributed by atoms with Gasteiger partial charge in [0.2, 0.25) is 0 Å². The van der Waals surface area contributed by atoms with Crippen LogP contribution < -0.4 is 10.1 Å². The molecule has 0 spiro atoms. The first-order valence-electron chi connectivity index (χ1n) is 11.9. The highest BCUT2D eigenvalue weighted by Gasteiger charge is 2.16. The summed E-state index contributed by atoms with van der Waals surface area (Å²) in [5.41, 5.74) is 3.86. The third kappa shape index (κ3) is 4.87. The summed E-state index contributed by atoms with van der Waals surface area (Å²) in [6.45, 7) is 0.531. The van der Waals surface area contributed by atoms with Gasteiger partial charge in [0.1, 0.15) is 17.1 Å². The maximum absolute atomic E-state index is 9.12. The molecule has 8 nitrogen and oxygen atoms in total. The Morgan fingerprint density at radius 2 is 1.97 bits per heavy atom. The molecule has 2 N–H and O–H groups in total. The lowest BCUT2D eigenvalue weighted by molar-refractivity contribution is 0.269. The fraction of sp³-hybridized carbons (Fsp3) is 0.385. The molecule has 0 bridgehead atoms. The average molecular weight is 459 g/mol. The molecule has 0 unspecified atom stereocenters. The molecule has 3 heterocycles. The van der Waals surface area contributed by atoms with E-state index in [9.17, 15) is 0 Å². The van der Waals surface area contributed by atoms with Crippen molar-refractivity contribution in [1.29, 1.82) is 0 Å². The molecular formula is C26H30N6O2. The van der Waals surface area contributed by atoms with E-state index in [2.05, 4.69) is 32.5 Å². The van der Waals surface area contributed by atoms with Crippen molar-refractivity contribution in [2.45, 2.75) is 51.1 Å². The van der Waals surface area contributed by atoms with Crippen molar-refractivity contribution in [3.05, 3.63) is 60.4 Å². The number of anilines is 1. The first-order chi connectivity index (χ1) is 16.7. The molecule has 0 amide bonds. The van der Waals surface area contributed by atoms with Gasteiger partial charge in [-0.05, 0) is 30.5 Å². The Morgan fingerprint density at radius 1 is 1.09 bits per heavy atom. The number of hydrogen-bond donors (Lipinski definition) is 2. The van der Waals surface area contributed by atoms with E-state index < -0.39 is 0 Å². The Hall–Kier alpha value is -3.52. The van der Waals surface area contributed by atoms with E-state index in [1.165, 1.54) is 32.1 Å². The highest BCUT2D eigenvalue weighted by molar-refractivity contribution is 5.87. The summed E-state index contributed by atoms with van der Waals surface area (Å²) in [7, 11) is 1.68. The minimum absolute atomic E-state index is 0.0581. The van der Waals surface area contributed by atoms with Crippen LogP contribution >= 0.6 is 0 Å². The summed E-state index contributed by atoms with van der Waals surface area (Å²) in [5.74, 6) is 2.35. The van der Waals surface area contributed by atoms with Gasteiger partial charge in [0, 0.05) is 47.6 Å². The predicted molar refractivity (Wildman–Crippen MR) is 132 cm³/mol. The van der Waals surface area contributed by atoms with Crippen LogP contribution in [0.3, 0.4) is 0 Å². The third-order valence-electron chi connectivity index (χ3n) is 6.43. The largest absolute Gasteiger partial charge is 0.496 e. The van der Waals surface area contributed by atoms with Crippen LogP contribution in [-0.2, 0) is 13.0 Å². The number of aliphatic hydroxyl groups excluding tert-OH is 1. The normalized spacial score (nSPS) is 14.4. The maximum Gasteiger partial charge on any atom is 0.152 e. The highest BCUT2D eigenvalue weighted by atomic mass is 16.5. The van der Waals surface area contributed by atoms with Gasteiger partial charge in [-0.15, -0.1) is 0 Å². The van der Waals surface area contributed by atoms with Gasteiger partial charge in [0.15, 0.2) is 5.82 Å². The summed E-state index contributed by atoms with van der Waals surface area (Å²) in [5, 5.41) is 18.0. The average Bonchev–Trinajstić information content (AvgIpc) is 3.34. The number of ether oxygens (including phenoxy) is 1. The van der Waals surface area contributed by atoms with Gasteiger partial charge < -0.3 is 15.2 Å². The number of hydrogen-bond acceptors (Lipinski definition) is 7. The van der Waals surface area contributed by atoms with Crippen LogP contribution in [0, 0.1) is 0 Å². The number of nitrogens with one attached hydrogen (secondary N) is 1. The van der Waals surface area contributed by atoms with Gasteiger partial charge in [0.25, 0.3) is 0 Å². The van der Waals surface area contributed by atoms with Gasteiger partial charge in [-0.3, -0.25) is 4.68 Å². The topological polar surface area (TPSA) is 98.0 Å². The van der Waals surface area contributed by atoms with Crippen molar-refractivity contribution >= 4 is 16.7 Å². The molecule has 0 atom stereocenters. The smallest absolute Gasteiger partial charge is 0.152 e. The quantitative estimate of drug-likeness (QED) is 0.408. The Labute approximate surface area is 199 Å². The second kappa shape index (κ2) is 10.2. The summed E-state index contributed by atoms with van der Waals surface area (Å²) in [4.78, 5) is 14.1. The Balaban J connectivity index is 1.40. The first-order valence-corrected chi connectivity index (χ1v) is 11.9. The number of pyridine rings is 1. The highest BCUT2D eigenvalue weighted by Crippen LogP contribution is 2.29. The van der Waals surface area contributed by atoms with Crippen molar-refractivity contribution < 1.29 is 9.84 Å². The number of methoxy groups -OCH3 is 1. The fourth-order valence-electron chi connectivity index (χ4n) is 4.60. The van der Waals surface area contributed by atoms with Crippen LogP contribution in [-0.4, -0.2) is 49.6 Å². The lowest BCUT2D eigenvalue weighted by atomic mass is 9.95. The Kier molecular flexibility index (Phi) is 6.67. The second-order valence-electron chi connectivity index (χ2n) is 8.78. The summed E-state index contributed by atoms with van der Waals surface area (Å²) >= 11 is 0. The molecule has 5 rings (SSSR count). The lowest BCUT2D eigenvalue weighted by Crippen LogP contribution is -2.23. The number of benzene rings is 1. The van der Waals surface area contributed by atoms with Crippen LogP contribution in [0.2, 0.25) is 0 Å². The van der Waals surface area contributed by atoms with E-state index >= 15 is 0 Å². The molecule has 1 aromatic carbocycles. The van der Waals surface area contributed by atoms with Crippen molar-refractivity contribution in [2.75, 3.05) is 19.0 Å². The van der Waals surface area contributed by atoms with Gasteiger partial charge in [0.05, 0.1) is 26.5 Å². The van der Waals surface area contributed by atoms with Crippen molar-refractivity contribution in [2.24, 2.45) is 0 Å². The van der Waals surface area contributed by atoms with Gasteiger partial charge in [-0.1, -0.05) is 31.4 Å². The molecule has 4 aromatic rings. The molecule has 0 radical (unpaired) electrons. The third-order valence-corrected chi connectivity index (χ3v) is 6.43. The molecule has 8 heteroatoms. The molecule has 1 saturated carbocycles. The maximum atomic E-state index is 9.12. The van der Waals surface area contributed by atoms with Gasteiger partial charge in [-0.25, -0.2) is 15.0 Å². The number of nitrogens with zero attached hydrogens (tertiary/aromatic N) is 5. The monoisotopic (exact) mass is 458 g/mol. The molecule has 1 aliphatic rings. The van der Waals surface area contributed by atoms with Crippen LogP contribution in [0.15, 0.2) is 49.1 Å².